The van der Waals surface area contributed by atoms with Gasteiger partial charge in [0.1, 0.15) is 0 Å². The van der Waals surface area contributed by atoms with Crippen molar-refractivity contribution in [1.29, 1.82) is 0 Å². The van der Waals surface area contributed by atoms with Gasteiger partial charge >= 0.3 is 18.5 Å². The molecule has 0 aromatic rings. The Bertz CT molecular complexity index is 112. The first kappa shape index (κ1) is 22.4. The van der Waals surface area contributed by atoms with E-state index in [1.807, 2.05) is 0 Å². The van der Waals surface area contributed by atoms with E-state index in [-0.39, 0.29) is 8.41 Å². The van der Waals surface area contributed by atoms with Gasteiger partial charge in [-0.05, 0) is 0 Å². The number of hydrogen-bond donors (Lipinski definition) is 6. The van der Waals surface area contributed by atoms with Gasteiger partial charge in [-0.2, -0.15) is 0 Å². The molecular formula is C3H9BO9. The van der Waals surface area contributed by atoms with Crippen LogP contribution >= 0.6 is 0 Å². The number of carboxylic acid groups (broad SMARTS) is 6. The van der Waals surface area contributed by atoms with Crippen molar-refractivity contribution >= 4 is 26.9 Å². The fraction of sp³-hybridized carbons (Fsp3) is 0. The molecule has 78 valence electrons. The van der Waals surface area contributed by atoms with Gasteiger partial charge in [0.25, 0.3) is 0 Å². The predicted octanol–water partition coefficient (Wildman–Crippen LogP) is -0.517. The van der Waals surface area contributed by atoms with Crippen molar-refractivity contribution in [2.45, 2.75) is 0 Å². The van der Waals surface area contributed by atoms with Gasteiger partial charge in [-0.3, -0.25) is 0 Å². The maximum Gasteiger partial charge on any atom is 0.503 e. The first-order valence-electron chi connectivity index (χ1n) is 1.95. The van der Waals surface area contributed by atoms with E-state index in [9.17, 15) is 0 Å². The Hall–Kier alpha value is -2.13. The Labute approximate surface area is 73.1 Å². The molecule has 0 radical (unpaired) electrons. The maximum atomic E-state index is 8.56. The zero-order chi connectivity index (χ0) is 10.7. The van der Waals surface area contributed by atoms with Crippen LogP contribution in [0.1, 0.15) is 0 Å². The third-order valence-electron chi connectivity index (χ3n) is 0. The lowest BCUT2D eigenvalue weighted by Gasteiger charge is -1.60. The highest BCUT2D eigenvalue weighted by atomic mass is 16.6. The normalized spacial score (nSPS) is 5.54. The van der Waals surface area contributed by atoms with E-state index < -0.39 is 18.5 Å². The van der Waals surface area contributed by atoms with Crippen LogP contribution in [0.5, 0.6) is 0 Å². The highest BCUT2D eigenvalue weighted by Gasteiger charge is 1.70. The van der Waals surface area contributed by atoms with E-state index in [0.717, 1.165) is 0 Å². The van der Waals surface area contributed by atoms with E-state index in [2.05, 4.69) is 0 Å². The minimum absolute atomic E-state index is 0. The number of carbonyl (C=O) groups is 3. The second-order valence-electron chi connectivity index (χ2n) is 0.848. The Morgan fingerprint density at radius 3 is 0.538 bits per heavy atom. The predicted molar refractivity (Wildman–Crippen MR) is 41.9 cm³/mol. The van der Waals surface area contributed by atoms with Crippen LogP contribution in [0.25, 0.3) is 0 Å². The Kier molecular flexibility index (Phi) is 28.4. The van der Waals surface area contributed by atoms with Crippen molar-refractivity contribution < 1.29 is 45.0 Å². The zero-order valence-corrected chi connectivity index (χ0v) is 5.41. The van der Waals surface area contributed by atoms with Gasteiger partial charge in [-0.1, -0.05) is 0 Å². The Morgan fingerprint density at radius 1 is 0.538 bits per heavy atom. The van der Waals surface area contributed by atoms with Gasteiger partial charge < -0.3 is 30.6 Å². The van der Waals surface area contributed by atoms with Crippen LogP contribution in [-0.4, -0.2) is 57.5 Å². The Balaban J connectivity index is -0.0000000450. The first-order chi connectivity index (χ1) is 5.20. The molecule has 0 heterocycles. The zero-order valence-electron chi connectivity index (χ0n) is 5.41. The van der Waals surface area contributed by atoms with Crippen LogP contribution in [0.4, 0.5) is 14.4 Å². The van der Waals surface area contributed by atoms with E-state index in [0.29, 0.717) is 0 Å². The van der Waals surface area contributed by atoms with Crippen molar-refractivity contribution in [3.8, 4) is 0 Å². The molecular weight excluding hydrogens is 191 g/mol. The molecule has 0 atom stereocenters. The fourth-order valence-corrected chi connectivity index (χ4v) is 0. The quantitative estimate of drug-likeness (QED) is 0.281. The molecule has 0 aromatic heterocycles. The summed E-state index contributed by atoms with van der Waals surface area (Å²) in [4.78, 5) is 25.7. The summed E-state index contributed by atoms with van der Waals surface area (Å²) in [6, 6.07) is 0. The van der Waals surface area contributed by atoms with Crippen LogP contribution in [0.3, 0.4) is 0 Å². The van der Waals surface area contributed by atoms with Crippen molar-refractivity contribution in [2.24, 2.45) is 0 Å². The van der Waals surface area contributed by atoms with Crippen molar-refractivity contribution in [3.05, 3.63) is 0 Å². The summed E-state index contributed by atoms with van der Waals surface area (Å²) in [5, 5.41) is 41.8. The SMILES string of the molecule is B.O=C(O)O.O=C(O)O.O=C(O)O. The van der Waals surface area contributed by atoms with Crippen LogP contribution in [0.15, 0.2) is 0 Å². The molecule has 0 rings (SSSR count). The van der Waals surface area contributed by atoms with Crippen LogP contribution in [-0.2, 0) is 0 Å². The molecule has 0 aliphatic carbocycles. The van der Waals surface area contributed by atoms with E-state index in [4.69, 9.17) is 45.0 Å². The summed E-state index contributed by atoms with van der Waals surface area (Å²) in [6.45, 7) is 0. The van der Waals surface area contributed by atoms with Crippen LogP contribution < -0.4 is 0 Å². The molecule has 10 heteroatoms. The highest BCUT2D eigenvalue weighted by Crippen LogP contribution is 1.43. The van der Waals surface area contributed by atoms with Crippen molar-refractivity contribution in [1.82, 2.24) is 0 Å². The average Bonchev–Trinajstić information content (AvgIpc) is 1.54. The number of rotatable bonds is 0. The third kappa shape index (κ3) is 136. The molecule has 0 aliphatic heterocycles. The summed E-state index contributed by atoms with van der Waals surface area (Å²) >= 11 is 0. The topological polar surface area (TPSA) is 173 Å². The lowest BCUT2D eigenvalue weighted by atomic mass is 10.8. The average molecular weight is 200 g/mol. The molecule has 0 saturated carbocycles. The maximum absolute atomic E-state index is 8.56. The van der Waals surface area contributed by atoms with Crippen molar-refractivity contribution in [2.75, 3.05) is 0 Å². The van der Waals surface area contributed by atoms with Gasteiger partial charge in [0.05, 0.1) is 8.41 Å². The van der Waals surface area contributed by atoms with Gasteiger partial charge in [-0.25, -0.2) is 14.4 Å². The lowest BCUT2D eigenvalue weighted by Crippen LogP contribution is -1.81. The molecule has 0 amide bonds. The lowest BCUT2D eigenvalue weighted by molar-refractivity contribution is 0.135. The van der Waals surface area contributed by atoms with Gasteiger partial charge in [-0.15, -0.1) is 0 Å². The summed E-state index contributed by atoms with van der Waals surface area (Å²) in [5.41, 5.74) is 0. The molecule has 13 heavy (non-hydrogen) atoms. The summed E-state index contributed by atoms with van der Waals surface area (Å²) in [7, 11) is 0. The molecule has 9 nitrogen and oxygen atoms in total. The van der Waals surface area contributed by atoms with Gasteiger partial charge in [0, 0.05) is 0 Å². The molecule has 0 aromatic carbocycles. The van der Waals surface area contributed by atoms with E-state index in [1.54, 1.807) is 0 Å². The second kappa shape index (κ2) is 16.5. The number of hydrogen-bond acceptors (Lipinski definition) is 3. The van der Waals surface area contributed by atoms with Crippen LogP contribution in [0, 0.1) is 0 Å². The summed E-state index contributed by atoms with van der Waals surface area (Å²) in [5.74, 6) is 0. The molecule has 0 spiro atoms. The van der Waals surface area contributed by atoms with Crippen molar-refractivity contribution in [3.63, 3.8) is 0 Å². The summed E-state index contributed by atoms with van der Waals surface area (Å²) in [6.07, 6.45) is -5.50. The second-order valence-corrected chi connectivity index (χ2v) is 0.848. The van der Waals surface area contributed by atoms with E-state index in [1.165, 1.54) is 0 Å². The first-order valence-corrected chi connectivity index (χ1v) is 1.95. The molecule has 0 fully saturated rings. The smallest absolute Gasteiger partial charge is 0.450 e. The monoisotopic (exact) mass is 200 g/mol. The van der Waals surface area contributed by atoms with Gasteiger partial charge in [0.2, 0.25) is 0 Å². The molecule has 0 saturated heterocycles. The minimum Gasteiger partial charge on any atom is -0.450 e. The largest absolute Gasteiger partial charge is 0.503 e. The molecule has 6 N–H and O–H groups in total. The third-order valence-corrected chi connectivity index (χ3v) is 0. The summed E-state index contributed by atoms with van der Waals surface area (Å²) < 4.78 is 0. The fourth-order valence-electron chi connectivity index (χ4n) is 0. The Morgan fingerprint density at radius 2 is 0.538 bits per heavy atom. The van der Waals surface area contributed by atoms with Gasteiger partial charge in [0.15, 0.2) is 0 Å². The molecule has 0 bridgehead atoms. The molecule has 0 unspecified atom stereocenters. The molecule has 0 aliphatic rings. The minimum atomic E-state index is -1.83. The van der Waals surface area contributed by atoms with Crippen LogP contribution in [0.2, 0.25) is 0 Å². The van der Waals surface area contributed by atoms with E-state index >= 15 is 0 Å². The highest BCUT2D eigenvalue weighted by molar-refractivity contribution is 5.75. The standard InChI is InChI=1S/3CH2O3.BH3/c3*2-1(3)4;/h3*(H2,2,3,4);1H3.